The maximum absolute atomic E-state index is 12.1. The summed E-state index contributed by atoms with van der Waals surface area (Å²) in [6.07, 6.45) is 2.66. The standard InChI is InChI=1S/C27H31N5O/c1-17-15-32(16-25(17)31(2)3)22-7-4-18(5-8-22)21-13-24(26(28)30-14-21)19-6-9-23-20(12-19)10-11-29-27(23)33/h4-9,12-14,17,25H,10-11,15-16H2,1-3H3,(H2,28,30)(H,29,33)/t17-,25+/m0/s1. The Labute approximate surface area is 195 Å². The van der Waals surface area contributed by atoms with Crippen LogP contribution >= 0.6 is 0 Å². The van der Waals surface area contributed by atoms with Gasteiger partial charge >= 0.3 is 0 Å². The van der Waals surface area contributed by atoms with Crippen molar-refractivity contribution in [3.05, 3.63) is 65.9 Å². The number of nitrogen functional groups attached to an aromatic ring is 1. The molecule has 2 atom stereocenters. The summed E-state index contributed by atoms with van der Waals surface area (Å²) in [4.78, 5) is 21.4. The Bertz CT molecular complexity index is 1190. The lowest BCUT2D eigenvalue weighted by Gasteiger charge is -2.23. The van der Waals surface area contributed by atoms with Crippen LogP contribution in [0.3, 0.4) is 0 Å². The quantitative estimate of drug-likeness (QED) is 0.646. The van der Waals surface area contributed by atoms with Crippen molar-refractivity contribution < 1.29 is 4.79 Å². The van der Waals surface area contributed by atoms with Crippen molar-refractivity contribution in [3.63, 3.8) is 0 Å². The summed E-state index contributed by atoms with van der Waals surface area (Å²) in [5.74, 6) is 1.13. The third-order valence-electron chi connectivity index (χ3n) is 7.06. The second kappa shape index (κ2) is 8.52. The number of nitrogens with two attached hydrogens (primary N) is 1. The van der Waals surface area contributed by atoms with Crippen LogP contribution in [0.15, 0.2) is 54.7 Å². The van der Waals surface area contributed by atoms with E-state index < -0.39 is 0 Å². The van der Waals surface area contributed by atoms with Crippen molar-refractivity contribution in [2.45, 2.75) is 19.4 Å². The third kappa shape index (κ3) is 4.07. The Kier molecular flexibility index (Phi) is 5.54. The monoisotopic (exact) mass is 441 g/mol. The Balaban J connectivity index is 1.41. The van der Waals surface area contributed by atoms with Gasteiger partial charge in [-0.05, 0) is 67.4 Å². The van der Waals surface area contributed by atoms with Crippen LogP contribution in [0.2, 0.25) is 0 Å². The van der Waals surface area contributed by atoms with Gasteiger partial charge in [0.15, 0.2) is 0 Å². The molecule has 170 valence electrons. The van der Waals surface area contributed by atoms with Crippen LogP contribution in [0.1, 0.15) is 22.8 Å². The molecule has 3 N–H and O–H groups in total. The number of benzene rings is 2. The molecule has 0 spiro atoms. The second-order valence-electron chi connectivity index (χ2n) is 9.49. The van der Waals surface area contributed by atoms with Crippen LogP contribution in [-0.4, -0.2) is 55.6 Å². The normalized spacial score (nSPS) is 20.1. The van der Waals surface area contributed by atoms with Gasteiger partial charge in [-0.25, -0.2) is 4.98 Å². The van der Waals surface area contributed by atoms with Crippen LogP contribution < -0.4 is 16.0 Å². The van der Waals surface area contributed by atoms with Gasteiger partial charge in [0, 0.05) is 54.3 Å². The molecule has 3 aromatic rings. The van der Waals surface area contributed by atoms with Crippen molar-refractivity contribution in [1.29, 1.82) is 0 Å². The van der Waals surface area contributed by atoms with Crippen LogP contribution in [0.5, 0.6) is 0 Å². The average Bonchev–Trinajstić information content (AvgIpc) is 3.21. The maximum Gasteiger partial charge on any atom is 0.251 e. The van der Waals surface area contributed by atoms with Crippen molar-refractivity contribution in [3.8, 4) is 22.3 Å². The molecule has 0 aliphatic carbocycles. The SMILES string of the molecule is C[C@H]1CN(c2ccc(-c3cnc(N)c(-c4ccc5c(c4)CCNC5=O)c3)cc2)C[C@H]1N(C)C. The lowest BCUT2D eigenvalue weighted by atomic mass is 9.94. The van der Waals surface area contributed by atoms with Gasteiger partial charge in [-0.15, -0.1) is 0 Å². The zero-order chi connectivity index (χ0) is 23.1. The van der Waals surface area contributed by atoms with Gasteiger partial charge in [0.2, 0.25) is 0 Å². The first-order chi connectivity index (χ1) is 15.9. The number of nitrogens with one attached hydrogen (secondary N) is 1. The minimum Gasteiger partial charge on any atom is -0.383 e. The van der Waals surface area contributed by atoms with E-state index in [1.165, 1.54) is 5.69 Å². The molecule has 2 aromatic carbocycles. The zero-order valence-corrected chi connectivity index (χ0v) is 19.5. The molecule has 1 aromatic heterocycles. The summed E-state index contributed by atoms with van der Waals surface area (Å²) in [5.41, 5.74) is 13.3. The molecule has 6 nitrogen and oxygen atoms in total. The number of carbonyl (C=O) groups excluding carboxylic acids is 1. The number of hydrogen-bond donors (Lipinski definition) is 2. The molecular weight excluding hydrogens is 410 g/mol. The van der Waals surface area contributed by atoms with E-state index in [0.717, 1.165) is 52.9 Å². The van der Waals surface area contributed by atoms with Crippen LogP contribution in [0.4, 0.5) is 11.5 Å². The molecule has 2 aliphatic heterocycles. The van der Waals surface area contributed by atoms with Crippen LogP contribution in [0.25, 0.3) is 22.3 Å². The van der Waals surface area contributed by atoms with E-state index in [0.29, 0.717) is 24.3 Å². The molecule has 1 fully saturated rings. The fourth-order valence-corrected chi connectivity index (χ4v) is 5.16. The van der Waals surface area contributed by atoms with Crippen molar-refractivity contribution in [2.75, 3.05) is 44.4 Å². The molecule has 3 heterocycles. The van der Waals surface area contributed by atoms with Gasteiger partial charge in [-0.1, -0.05) is 31.2 Å². The largest absolute Gasteiger partial charge is 0.383 e. The molecule has 6 heteroatoms. The number of nitrogens with zero attached hydrogens (tertiary/aromatic N) is 3. The molecule has 0 radical (unpaired) electrons. The Morgan fingerprint density at radius 3 is 2.48 bits per heavy atom. The minimum absolute atomic E-state index is 0.00737. The van der Waals surface area contributed by atoms with Gasteiger partial charge in [-0.3, -0.25) is 4.79 Å². The topological polar surface area (TPSA) is 74.5 Å². The number of pyridine rings is 1. The number of carbonyl (C=O) groups is 1. The Hall–Kier alpha value is -3.38. The fourth-order valence-electron chi connectivity index (χ4n) is 5.16. The number of amides is 1. The average molecular weight is 442 g/mol. The van der Waals surface area contributed by atoms with Gasteiger partial charge in [-0.2, -0.15) is 0 Å². The smallest absolute Gasteiger partial charge is 0.251 e. The highest BCUT2D eigenvalue weighted by Crippen LogP contribution is 2.33. The highest BCUT2D eigenvalue weighted by Gasteiger charge is 2.31. The lowest BCUT2D eigenvalue weighted by molar-refractivity contribution is 0.0946. The molecular formula is C27H31N5O. The number of hydrogen-bond acceptors (Lipinski definition) is 5. The number of rotatable bonds is 4. The van der Waals surface area contributed by atoms with Gasteiger partial charge in [0.05, 0.1) is 0 Å². The molecule has 0 bridgehead atoms. The summed E-state index contributed by atoms with van der Waals surface area (Å²) in [7, 11) is 4.33. The molecule has 1 saturated heterocycles. The molecule has 5 rings (SSSR count). The first-order valence-corrected chi connectivity index (χ1v) is 11.6. The first kappa shape index (κ1) is 21.5. The highest BCUT2D eigenvalue weighted by molar-refractivity contribution is 5.97. The van der Waals surface area contributed by atoms with Gasteiger partial charge in [0.25, 0.3) is 5.91 Å². The number of aromatic nitrogens is 1. The van der Waals surface area contributed by atoms with E-state index in [-0.39, 0.29) is 5.91 Å². The summed E-state index contributed by atoms with van der Waals surface area (Å²) in [6, 6.07) is 17.3. The van der Waals surface area contributed by atoms with Crippen molar-refractivity contribution in [2.24, 2.45) is 5.92 Å². The maximum atomic E-state index is 12.1. The fraction of sp³-hybridized carbons (Fsp3) is 0.333. The van der Waals surface area contributed by atoms with E-state index in [1.54, 1.807) is 0 Å². The van der Waals surface area contributed by atoms with Gasteiger partial charge < -0.3 is 20.9 Å². The minimum atomic E-state index is -0.00737. The Morgan fingerprint density at radius 1 is 1.00 bits per heavy atom. The number of likely N-dealkylation sites (N-methyl/N-ethyl adjacent to an activating group) is 1. The number of fused-ring (bicyclic) bond motifs is 1. The summed E-state index contributed by atoms with van der Waals surface area (Å²) < 4.78 is 0. The van der Waals surface area contributed by atoms with Crippen molar-refractivity contribution in [1.82, 2.24) is 15.2 Å². The molecule has 0 unspecified atom stereocenters. The molecule has 1 amide bonds. The van der Waals surface area contributed by atoms with Crippen LogP contribution in [0, 0.1) is 5.92 Å². The van der Waals surface area contributed by atoms with Gasteiger partial charge in [0.1, 0.15) is 5.82 Å². The van der Waals surface area contributed by atoms with E-state index in [9.17, 15) is 4.79 Å². The Morgan fingerprint density at radius 2 is 1.76 bits per heavy atom. The first-order valence-electron chi connectivity index (χ1n) is 11.6. The molecule has 2 aliphatic rings. The summed E-state index contributed by atoms with van der Waals surface area (Å²) >= 11 is 0. The third-order valence-corrected chi connectivity index (χ3v) is 7.06. The van der Waals surface area contributed by atoms with E-state index >= 15 is 0 Å². The van der Waals surface area contributed by atoms with Crippen molar-refractivity contribution >= 4 is 17.4 Å². The lowest BCUT2D eigenvalue weighted by Crippen LogP contribution is -2.34. The second-order valence-corrected chi connectivity index (χ2v) is 9.49. The molecule has 0 saturated carbocycles. The zero-order valence-electron chi connectivity index (χ0n) is 19.5. The summed E-state index contributed by atoms with van der Waals surface area (Å²) in [5, 5.41) is 2.89. The molecule has 33 heavy (non-hydrogen) atoms. The van der Waals surface area contributed by atoms with E-state index in [2.05, 4.69) is 77.5 Å². The predicted molar refractivity (Wildman–Crippen MR) is 134 cm³/mol. The van der Waals surface area contributed by atoms with E-state index in [1.807, 2.05) is 18.3 Å². The number of anilines is 2. The highest BCUT2D eigenvalue weighted by atomic mass is 16.1. The summed E-state index contributed by atoms with van der Waals surface area (Å²) in [6.45, 7) is 5.12. The predicted octanol–water partition coefficient (Wildman–Crippen LogP) is 3.67. The van der Waals surface area contributed by atoms with E-state index in [4.69, 9.17) is 5.73 Å². The van der Waals surface area contributed by atoms with Crippen LogP contribution in [-0.2, 0) is 6.42 Å².